The largest absolute Gasteiger partial charge is 0.381 e. The van der Waals surface area contributed by atoms with Crippen LogP contribution in [0.4, 0.5) is 4.79 Å². The second-order valence-corrected chi connectivity index (χ2v) is 9.65. The first kappa shape index (κ1) is 23.1. The standard InChI is InChI=1S/C25H38N4O3/c30-22(27-20-24(13-17-32-18-14-24)29-15-7-2-8-16-29)25(11-5-6-12-25)28-23(31)26-19-21-9-3-1-4-10-21/h1,3-4,9-10H,2,5-8,11-20H2,(H,27,30)(H2,26,28,31). The van der Waals surface area contributed by atoms with Crippen LogP contribution < -0.4 is 16.0 Å². The van der Waals surface area contributed by atoms with E-state index in [-0.39, 0.29) is 17.5 Å². The zero-order chi connectivity index (χ0) is 22.3. The van der Waals surface area contributed by atoms with E-state index in [2.05, 4.69) is 20.9 Å². The quantitative estimate of drug-likeness (QED) is 0.606. The molecule has 0 bridgehead atoms. The van der Waals surface area contributed by atoms with Gasteiger partial charge >= 0.3 is 6.03 Å². The number of piperidine rings is 1. The average molecular weight is 443 g/mol. The highest BCUT2D eigenvalue weighted by atomic mass is 16.5. The molecule has 176 valence electrons. The number of nitrogens with zero attached hydrogens (tertiary/aromatic N) is 1. The number of urea groups is 1. The molecule has 3 aliphatic rings. The molecule has 0 atom stereocenters. The van der Waals surface area contributed by atoms with E-state index in [1.165, 1.54) is 19.3 Å². The lowest BCUT2D eigenvalue weighted by atomic mass is 9.85. The van der Waals surface area contributed by atoms with E-state index >= 15 is 0 Å². The fourth-order valence-electron chi connectivity index (χ4n) is 5.57. The molecule has 7 heteroatoms. The summed E-state index contributed by atoms with van der Waals surface area (Å²) in [6.07, 6.45) is 8.94. The van der Waals surface area contributed by atoms with Gasteiger partial charge in [-0.1, -0.05) is 49.6 Å². The number of amides is 3. The Labute approximate surface area is 191 Å². The molecule has 1 aromatic carbocycles. The van der Waals surface area contributed by atoms with E-state index in [1.807, 2.05) is 30.3 Å². The zero-order valence-corrected chi connectivity index (χ0v) is 19.2. The summed E-state index contributed by atoms with van der Waals surface area (Å²) in [4.78, 5) is 28.7. The molecule has 1 aliphatic carbocycles. The van der Waals surface area contributed by atoms with E-state index < -0.39 is 5.54 Å². The van der Waals surface area contributed by atoms with E-state index in [4.69, 9.17) is 4.74 Å². The monoisotopic (exact) mass is 442 g/mol. The highest BCUT2D eigenvalue weighted by molar-refractivity contribution is 5.91. The van der Waals surface area contributed by atoms with Crippen LogP contribution in [0.1, 0.15) is 63.4 Å². The van der Waals surface area contributed by atoms with Crippen molar-refractivity contribution in [2.75, 3.05) is 32.8 Å². The molecule has 2 saturated heterocycles. The van der Waals surface area contributed by atoms with Crippen molar-refractivity contribution in [1.82, 2.24) is 20.9 Å². The summed E-state index contributed by atoms with van der Waals surface area (Å²) in [6.45, 7) is 4.77. The molecular formula is C25H38N4O3. The van der Waals surface area contributed by atoms with Crippen molar-refractivity contribution in [3.63, 3.8) is 0 Å². The van der Waals surface area contributed by atoms with Crippen LogP contribution >= 0.6 is 0 Å². The van der Waals surface area contributed by atoms with Gasteiger partial charge in [0.25, 0.3) is 0 Å². The Bertz CT molecular complexity index is 752. The van der Waals surface area contributed by atoms with Crippen molar-refractivity contribution >= 4 is 11.9 Å². The number of hydrogen-bond acceptors (Lipinski definition) is 4. The van der Waals surface area contributed by atoms with Gasteiger partial charge < -0.3 is 20.7 Å². The SMILES string of the molecule is O=C(NCc1ccccc1)NC1(C(=O)NCC2(N3CCCCC3)CCOCC2)CCCC1. The van der Waals surface area contributed by atoms with Crippen LogP contribution in [0.25, 0.3) is 0 Å². The number of ether oxygens (including phenoxy) is 1. The average Bonchev–Trinajstić information content (AvgIpc) is 3.33. The zero-order valence-electron chi connectivity index (χ0n) is 19.2. The molecule has 1 aromatic rings. The minimum atomic E-state index is -0.810. The highest BCUT2D eigenvalue weighted by Gasteiger charge is 2.45. The van der Waals surface area contributed by atoms with Crippen molar-refractivity contribution in [2.45, 2.75) is 75.4 Å². The van der Waals surface area contributed by atoms with E-state index in [9.17, 15) is 9.59 Å². The lowest BCUT2D eigenvalue weighted by molar-refractivity contribution is -0.128. The van der Waals surface area contributed by atoms with Crippen LogP contribution in [-0.2, 0) is 16.1 Å². The predicted octanol–water partition coefficient (Wildman–Crippen LogP) is 2.95. The number of benzene rings is 1. The van der Waals surface area contributed by atoms with Crippen LogP contribution in [0.5, 0.6) is 0 Å². The fraction of sp³-hybridized carbons (Fsp3) is 0.680. The summed E-state index contributed by atoms with van der Waals surface area (Å²) in [5.41, 5.74) is 0.203. The van der Waals surface area contributed by atoms with Gasteiger partial charge in [-0.2, -0.15) is 0 Å². The second kappa shape index (κ2) is 10.7. The maximum absolute atomic E-state index is 13.4. The van der Waals surface area contributed by atoms with Gasteiger partial charge in [0.05, 0.1) is 0 Å². The van der Waals surface area contributed by atoms with Gasteiger partial charge in [0.15, 0.2) is 0 Å². The molecule has 2 heterocycles. The van der Waals surface area contributed by atoms with Crippen molar-refractivity contribution in [2.24, 2.45) is 0 Å². The van der Waals surface area contributed by atoms with Crippen molar-refractivity contribution in [3.8, 4) is 0 Å². The third kappa shape index (κ3) is 5.44. The van der Waals surface area contributed by atoms with Gasteiger partial charge in [0.1, 0.15) is 5.54 Å². The molecule has 3 N–H and O–H groups in total. The molecule has 7 nitrogen and oxygen atoms in total. The number of rotatable bonds is 7. The van der Waals surface area contributed by atoms with Gasteiger partial charge in [-0.05, 0) is 57.2 Å². The Hall–Kier alpha value is -2.12. The van der Waals surface area contributed by atoms with Crippen LogP contribution in [0, 0.1) is 0 Å². The topological polar surface area (TPSA) is 82.7 Å². The minimum Gasteiger partial charge on any atom is -0.381 e. The molecule has 0 radical (unpaired) electrons. The van der Waals surface area contributed by atoms with Crippen LogP contribution in [0.3, 0.4) is 0 Å². The Kier molecular flexibility index (Phi) is 7.68. The number of nitrogens with one attached hydrogen (secondary N) is 3. The third-order valence-corrected chi connectivity index (χ3v) is 7.57. The van der Waals surface area contributed by atoms with E-state index in [0.717, 1.165) is 57.6 Å². The summed E-state index contributed by atoms with van der Waals surface area (Å²) in [6, 6.07) is 9.54. The fourth-order valence-corrected chi connectivity index (χ4v) is 5.57. The summed E-state index contributed by atoms with van der Waals surface area (Å²) < 4.78 is 5.65. The predicted molar refractivity (Wildman–Crippen MR) is 124 cm³/mol. The third-order valence-electron chi connectivity index (χ3n) is 7.57. The summed E-state index contributed by atoms with van der Waals surface area (Å²) >= 11 is 0. The van der Waals surface area contributed by atoms with Gasteiger partial charge in [-0.3, -0.25) is 9.69 Å². The molecule has 4 rings (SSSR count). The smallest absolute Gasteiger partial charge is 0.315 e. The Morgan fingerprint density at radius 1 is 0.875 bits per heavy atom. The Balaban J connectivity index is 1.37. The van der Waals surface area contributed by atoms with Crippen molar-refractivity contribution < 1.29 is 14.3 Å². The Morgan fingerprint density at radius 2 is 1.56 bits per heavy atom. The van der Waals surface area contributed by atoms with Crippen molar-refractivity contribution in [1.29, 1.82) is 0 Å². The second-order valence-electron chi connectivity index (χ2n) is 9.65. The maximum Gasteiger partial charge on any atom is 0.315 e. The molecule has 0 aromatic heterocycles. The molecule has 2 aliphatic heterocycles. The van der Waals surface area contributed by atoms with Gasteiger partial charge in [-0.15, -0.1) is 0 Å². The van der Waals surface area contributed by atoms with E-state index in [0.29, 0.717) is 25.9 Å². The first-order valence-corrected chi connectivity index (χ1v) is 12.3. The minimum absolute atomic E-state index is 0.0241. The summed E-state index contributed by atoms with van der Waals surface area (Å²) in [7, 11) is 0. The first-order valence-electron chi connectivity index (χ1n) is 12.3. The summed E-state index contributed by atoms with van der Waals surface area (Å²) in [5, 5.41) is 9.23. The maximum atomic E-state index is 13.4. The molecular weight excluding hydrogens is 404 g/mol. The molecule has 3 fully saturated rings. The Morgan fingerprint density at radius 3 is 2.25 bits per heavy atom. The molecule has 1 saturated carbocycles. The molecule has 3 amide bonds. The number of hydrogen-bond donors (Lipinski definition) is 3. The van der Waals surface area contributed by atoms with Gasteiger partial charge in [0.2, 0.25) is 5.91 Å². The van der Waals surface area contributed by atoms with Gasteiger partial charge in [-0.25, -0.2) is 4.79 Å². The number of likely N-dealkylation sites (tertiary alicyclic amines) is 1. The normalized spacial score (nSPS) is 22.8. The van der Waals surface area contributed by atoms with E-state index in [1.54, 1.807) is 0 Å². The molecule has 32 heavy (non-hydrogen) atoms. The number of carbonyl (C=O) groups is 2. The lowest BCUT2D eigenvalue weighted by Gasteiger charge is -2.48. The highest BCUT2D eigenvalue weighted by Crippen LogP contribution is 2.32. The van der Waals surface area contributed by atoms with Crippen LogP contribution in [-0.4, -0.2) is 60.8 Å². The lowest BCUT2D eigenvalue weighted by Crippen LogP contribution is -2.64. The van der Waals surface area contributed by atoms with Crippen molar-refractivity contribution in [3.05, 3.63) is 35.9 Å². The molecule has 0 unspecified atom stereocenters. The van der Waals surface area contributed by atoms with Crippen LogP contribution in [0.2, 0.25) is 0 Å². The number of carbonyl (C=O) groups excluding carboxylic acids is 2. The summed E-state index contributed by atoms with van der Waals surface area (Å²) in [5.74, 6) is -0.0345. The molecule has 0 spiro atoms. The van der Waals surface area contributed by atoms with Crippen LogP contribution in [0.15, 0.2) is 30.3 Å². The first-order chi connectivity index (χ1) is 15.6. The van der Waals surface area contributed by atoms with Gasteiger partial charge in [0, 0.05) is 31.8 Å².